The Balaban J connectivity index is 2.43. The number of hydrogen-bond donors (Lipinski definition) is 1. The molecule has 2 rings (SSSR count). The first-order valence-corrected chi connectivity index (χ1v) is 9.35. The lowest BCUT2D eigenvalue weighted by atomic mass is 9.92. The second-order valence-corrected chi connectivity index (χ2v) is 8.78. The number of fused-ring (bicyclic) bond motifs is 1. The van der Waals surface area contributed by atoms with Gasteiger partial charge in [-0.2, -0.15) is 0 Å². The molecule has 0 saturated heterocycles. The lowest BCUT2D eigenvalue weighted by Gasteiger charge is -2.34. The summed E-state index contributed by atoms with van der Waals surface area (Å²) in [5.74, 6) is 0.928. The first-order chi connectivity index (χ1) is 9.77. The van der Waals surface area contributed by atoms with Crippen molar-refractivity contribution in [3.8, 4) is 5.75 Å². The third-order valence-electron chi connectivity index (χ3n) is 4.33. The van der Waals surface area contributed by atoms with Gasteiger partial charge in [-0.1, -0.05) is 19.1 Å². The Hall–Kier alpha value is -1.07. The number of rotatable bonds is 5. The van der Waals surface area contributed by atoms with Gasteiger partial charge in [0.25, 0.3) is 0 Å². The van der Waals surface area contributed by atoms with Gasteiger partial charge in [-0.25, -0.2) is 8.42 Å². The van der Waals surface area contributed by atoms with Crippen molar-refractivity contribution in [3.63, 3.8) is 0 Å². The van der Waals surface area contributed by atoms with Crippen LogP contribution < -0.4 is 10.1 Å². The fourth-order valence-electron chi connectivity index (χ4n) is 2.74. The second kappa shape index (κ2) is 5.97. The zero-order chi connectivity index (χ0) is 15.7. The zero-order valence-electron chi connectivity index (χ0n) is 13.3. The molecule has 5 heteroatoms. The van der Waals surface area contributed by atoms with Crippen molar-refractivity contribution < 1.29 is 13.2 Å². The quantitative estimate of drug-likeness (QED) is 0.907. The van der Waals surface area contributed by atoms with Crippen LogP contribution in [0.2, 0.25) is 0 Å². The van der Waals surface area contributed by atoms with Crippen molar-refractivity contribution in [2.45, 2.75) is 44.4 Å². The van der Waals surface area contributed by atoms with E-state index in [9.17, 15) is 8.42 Å². The first-order valence-electron chi connectivity index (χ1n) is 7.46. The molecular weight excluding hydrogens is 286 g/mol. The number of aryl methyl sites for hydroxylation is 1. The molecule has 0 aromatic heterocycles. The number of hydrogen-bond acceptors (Lipinski definition) is 4. The molecule has 1 aromatic rings. The second-order valence-electron chi connectivity index (χ2n) is 6.19. The largest absolute Gasteiger partial charge is 0.493 e. The molecule has 0 spiro atoms. The van der Waals surface area contributed by atoms with Crippen LogP contribution in [0.15, 0.2) is 18.2 Å². The van der Waals surface area contributed by atoms with Gasteiger partial charge in [0.1, 0.15) is 5.75 Å². The molecule has 0 radical (unpaired) electrons. The third kappa shape index (κ3) is 3.24. The Bertz CT molecular complexity index is 608. The minimum Gasteiger partial charge on any atom is -0.493 e. The maximum atomic E-state index is 12.2. The number of ether oxygens (including phenoxy) is 1. The van der Waals surface area contributed by atoms with E-state index in [0.29, 0.717) is 0 Å². The molecule has 0 saturated carbocycles. The Morgan fingerprint density at radius 2 is 2.10 bits per heavy atom. The van der Waals surface area contributed by atoms with Crippen LogP contribution >= 0.6 is 0 Å². The van der Waals surface area contributed by atoms with E-state index in [4.69, 9.17) is 4.74 Å². The van der Waals surface area contributed by atoms with Crippen LogP contribution in [-0.2, 0) is 16.3 Å². The average Bonchev–Trinajstić information content (AvgIpc) is 2.43. The molecule has 1 aliphatic rings. The zero-order valence-corrected chi connectivity index (χ0v) is 14.1. The molecular formula is C16H25NO3S. The number of benzene rings is 1. The molecule has 0 amide bonds. The van der Waals surface area contributed by atoms with Crippen molar-refractivity contribution in [1.29, 1.82) is 0 Å². The molecule has 0 aliphatic carbocycles. The van der Waals surface area contributed by atoms with Crippen molar-refractivity contribution in [2.75, 3.05) is 19.4 Å². The SMILES string of the molecule is CCNC(c1ccc2c(c1)CCCO2)C(C)(C)S(C)(=O)=O. The summed E-state index contributed by atoms with van der Waals surface area (Å²) >= 11 is 0. The van der Waals surface area contributed by atoms with Gasteiger partial charge >= 0.3 is 0 Å². The molecule has 21 heavy (non-hydrogen) atoms. The monoisotopic (exact) mass is 311 g/mol. The number of nitrogens with one attached hydrogen (secondary N) is 1. The van der Waals surface area contributed by atoms with E-state index >= 15 is 0 Å². The molecule has 1 aromatic carbocycles. The fraction of sp³-hybridized carbons (Fsp3) is 0.625. The lowest BCUT2D eigenvalue weighted by Crippen LogP contribution is -2.45. The maximum absolute atomic E-state index is 12.2. The smallest absolute Gasteiger partial charge is 0.154 e. The summed E-state index contributed by atoms with van der Waals surface area (Å²) in [5.41, 5.74) is 2.18. The highest BCUT2D eigenvalue weighted by molar-refractivity contribution is 7.92. The minimum absolute atomic E-state index is 0.232. The molecule has 0 fully saturated rings. The molecule has 1 heterocycles. The Morgan fingerprint density at radius 3 is 2.71 bits per heavy atom. The fourth-order valence-corrected chi connectivity index (χ4v) is 3.39. The molecule has 1 unspecified atom stereocenters. The summed E-state index contributed by atoms with van der Waals surface area (Å²) < 4.78 is 29.1. The first kappa shape index (κ1) is 16.3. The minimum atomic E-state index is -3.19. The summed E-state index contributed by atoms with van der Waals surface area (Å²) in [6.45, 7) is 7.04. The van der Waals surface area contributed by atoms with Crippen LogP contribution in [0.4, 0.5) is 0 Å². The van der Waals surface area contributed by atoms with Crippen LogP contribution in [0, 0.1) is 0 Å². The van der Waals surface area contributed by atoms with Gasteiger partial charge in [0, 0.05) is 6.26 Å². The van der Waals surface area contributed by atoms with E-state index in [1.54, 1.807) is 13.8 Å². The summed E-state index contributed by atoms with van der Waals surface area (Å²) in [4.78, 5) is 0. The predicted octanol–water partition coefficient (Wildman–Crippen LogP) is 2.49. The van der Waals surface area contributed by atoms with E-state index < -0.39 is 14.6 Å². The van der Waals surface area contributed by atoms with E-state index in [1.807, 2.05) is 19.1 Å². The molecule has 1 atom stereocenters. The lowest BCUT2D eigenvalue weighted by molar-refractivity contribution is 0.288. The molecule has 1 aliphatic heterocycles. The number of sulfone groups is 1. The highest BCUT2D eigenvalue weighted by Crippen LogP contribution is 2.35. The predicted molar refractivity (Wildman–Crippen MR) is 85.6 cm³/mol. The van der Waals surface area contributed by atoms with Gasteiger partial charge in [0.2, 0.25) is 0 Å². The summed E-state index contributed by atoms with van der Waals surface area (Å²) in [6.07, 6.45) is 3.30. The van der Waals surface area contributed by atoms with Crippen LogP contribution in [0.5, 0.6) is 5.75 Å². The van der Waals surface area contributed by atoms with E-state index in [-0.39, 0.29) is 6.04 Å². The summed E-state index contributed by atoms with van der Waals surface area (Å²) in [5, 5.41) is 3.33. The van der Waals surface area contributed by atoms with Crippen molar-refractivity contribution in [1.82, 2.24) is 5.32 Å². The van der Waals surface area contributed by atoms with Crippen LogP contribution in [0.3, 0.4) is 0 Å². The summed E-state index contributed by atoms with van der Waals surface area (Å²) in [7, 11) is -3.19. The molecule has 118 valence electrons. The standard InChI is InChI=1S/C16H25NO3S/c1-5-17-15(16(2,3)21(4,18)19)13-8-9-14-12(11-13)7-6-10-20-14/h8-9,11,15,17H,5-7,10H2,1-4H3. The van der Waals surface area contributed by atoms with Crippen molar-refractivity contribution in [2.24, 2.45) is 0 Å². The average molecular weight is 311 g/mol. The Kier molecular flexibility index (Phi) is 4.63. The van der Waals surface area contributed by atoms with Gasteiger partial charge in [0.05, 0.1) is 17.4 Å². The van der Waals surface area contributed by atoms with Gasteiger partial charge in [-0.05, 0) is 50.4 Å². The normalized spacial score (nSPS) is 17.0. The van der Waals surface area contributed by atoms with E-state index in [0.717, 1.165) is 37.3 Å². The van der Waals surface area contributed by atoms with Gasteiger partial charge < -0.3 is 10.1 Å². The van der Waals surface area contributed by atoms with Gasteiger partial charge in [-0.15, -0.1) is 0 Å². The Morgan fingerprint density at radius 1 is 1.38 bits per heavy atom. The van der Waals surface area contributed by atoms with Gasteiger partial charge in [-0.3, -0.25) is 0 Å². The molecule has 1 N–H and O–H groups in total. The molecule has 4 nitrogen and oxygen atoms in total. The van der Waals surface area contributed by atoms with Crippen molar-refractivity contribution >= 4 is 9.84 Å². The Labute approximate surface area is 127 Å². The van der Waals surface area contributed by atoms with Gasteiger partial charge in [0.15, 0.2) is 9.84 Å². The highest BCUT2D eigenvalue weighted by Gasteiger charge is 2.39. The van der Waals surface area contributed by atoms with Crippen molar-refractivity contribution in [3.05, 3.63) is 29.3 Å². The third-order valence-corrected chi connectivity index (χ3v) is 6.47. The van der Waals surface area contributed by atoms with Crippen LogP contribution in [-0.4, -0.2) is 32.6 Å². The highest BCUT2D eigenvalue weighted by atomic mass is 32.2. The topological polar surface area (TPSA) is 55.4 Å². The van der Waals surface area contributed by atoms with Crippen LogP contribution in [0.1, 0.15) is 44.4 Å². The molecule has 0 bridgehead atoms. The van der Waals surface area contributed by atoms with E-state index in [2.05, 4.69) is 11.4 Å². The summed E-state index contributed by atoms with van der Waals surface area (Å²) in [6, 6.07) is 5.80. The van der Waals surface area contributed by atoms with E-state index in [1.165, 1.54) is 11.8 Å². The maximum Gasteiger partial charge on any atom is 0.154 e. The van der Waals surface area contributed by atoms with Crippen LogP contribution in [0.25, 0.3) is 0 Å².